The minimum absolute atomic E-state index is 0.0619. The molecule has 7 nitrogen and oxygen atoms in total. The van der Waals surface area contributed by atoms with Crippen molar-refractivity contribution in [3.05, 3.63) is 4.91 Å². The van der Waals surface area contributed by atoms with Crippen LogP contribution >= 0.6 is 0 Å². The van der Waals surface area contributed by atoms with Crippen LogP contribution in [0.15, 0.2) is 10.4 Å². The van der Waals surface area contributed by atoms with E-state index in [4.69, 9.17) is 5.41 Å². The number of nitrogens with zero attached hydrogens (tertiary/aromatic N) is 2. The van der Waals surface area contributed by atoms with Crippen LogP contribution < -0.4 is 16.0 Å². The van der Waals surface area contributed by atoms with E-state index in [0.29, 0.717) is 11.4 Å². The number of rotatable bonds is 11. The van der Waals surface area contributed by atoms with Gasteiger partial charge < -0.3 is 21.4 Å². The fraction of sp³-hybridized carbons (Fsp3) is 0.875. The maximum Gasteiger partial charge on any atom is 0.0797 e. The molecule has 0 aliphatic heterocycles. The Morgan fingerprint density at radius 2 is 1.43 bits per heavy atom. The summed E-state index contributed by atoms with van der Waals surface area (Å²) in [6.07, 6.45) is 0. The van der Waals surface area contributed by atoms with Crippen molar-refractivity contribution < 1.29 is 0 Å². The Balaban J connectivity index is 4.93. The topological polar surface area (TPSA) is 102 Å². The van der Waals surface area contributed by atoms with Crippen molar-refractivity contribution in [1.82, 2.24) is 16.0 Å². The van der Waals surface area contributed by atoms with E-state index in [1.165, 1.54) is 0 Å². The van der Waals surface area contributed by atoms with Crippen LogP contribution in [-0.2, 0) is 0 Å². The van der Waals surface area contributed by atoms with Crippen LogP contribution in [0, 0.1) is 15.7 Å². The first-order chi connectivity index (χ1) is 10.4. The van der Waals surface area contributed by atoms with Gasteiger partial charge in [0, 0.05) is 30.8 Å². The lowest BCUT2D eigenvalue weighted by Crippen LogP contribution is -2.57. The third kappa shape index (κ3) is 7.28. The van der Waals surface area contributed by atoms with Crippen LogP contribution in [0.1, 0.15) is 48.5 Å². The first-order valence-electron chi connectivity index (χ1n) is 7.98. The van der Waals surface area contributed by atoms with Gasteiger partial charge in [-0.25, -0.2) is 0 Å². The summed E-state index contributed by atoms with van der Waals surface area (Å²) in [5.74, 6) is 0. The van der Waals surface area contributed by atoms with Crippen molar-refractivity contribution >= 4 is 11.4 Å². The van der Waals surface area contributed by atoms with Gasteiger partial charge in [-0.05, 0) is 48.6 Å². The average molecular weight is 326 g/mol. The molecule has 4 N–H and O–H groups in total. The van der Waals surface area contributed by atoms with Gasteiger partial charge in [-0.15, -0.1) is 10.0 Å². The van der Waals surface area contributed by atoms with Crippen molar-refractivity contribution in [2.75, 3.05) is 26.7 Å². The second-order valence-corrected chi connectivity index (χ2v) is 7.69. The van der Waals surface area contributed by atoms with Crippen LogP contribution in [0.4, 0.5) is 0 Å². The predicted molar refractivity (Wildman–Crippen MR) is 98.5 cm³/mol. The molecule has 0 saturated heterocycles. The monoisotopic (exact) mass is 326 g/mol. The summed E-state index contributed by atoms with van der Waals surface area (Å²) in [7, 11) is 1.93. The highest BCUT2D eigenvalue weighted by Crippen LogP contribution is 2.18. The van der Waals surface area contributed by atoms with E-state index >= 15 is 0 Å². The minimum Gasteiger partial charge on any atom is -0.319 e. The van der Waals surface area contributed by atoms with E-state index in [1.54, 1.807) is 6.92 Å². The number of nitrogens with one attached hydrogen (secondary N) is 4. The fourth-order valence-electron chi connectivity index (χ4n) is 1.93. The number of hydrogen-bond acceptors (Lipinski definition) is 6. The Labute approximate surface area is 140 Å². The van der Waals surface area contributed by atoms with Gasteiger partial charge in [0.2, 0.25) is 0 Å². The predicted octanol–water partition coefficient (Wildman–Crippen LogP) is 2.13. The standard InChI is InChI=1S/C16H34N6O/c1-12(17)14(3,4)19-10-16(7,9-18-8)11-20-15(5,6)13(2)21-22-23/h17-20H,9-11H2,1-8H3/b17-12?,21-13+. The lowest BCUT2D eigenvalue weighted by atomic mass is 9.86. The largest absolute Gasteiger partial charge is 0.319 e. The molecule has 0 aliphatic rings. The highest BCUT2D eigenvalue weighted by Gasteiger charge is 2.31. The molecule has 0 heterocycles. The molecule has 23 heavy (non-hydrogen) atoms. The Morgan fingerprint density at radius 3 is 1.83 bits per heavy atom. The third-order valence-electron chi connectivity index (χ3n) is 4.55. The molecule has 0 rings (SSSR count). The van der Waals surface area contributed by atoms with E-state index in [2.05, 4.69) is 33.3 Å². The summed E-state index contributed by atoms with van der Waals surface area (Å²) in [5.41, 5.74) is 0.466. The summed E-state index contributed by atoms with van der Waals surface area (Å²) in [6.45, 7) is 16.1. The molecule has 7 heteroatoms. The molecule has 0 spiro atoms. The van der Waals surface area contributed by atoms with E-state index in [9.17, 15) is 4.91 Å². The molecule has 1 atom stereocenters. The van der Waals surface area contributed by atoms with Crippen molar-refractivity contribution in [3.63, 3.8) is 0 Å². The van der Waals surface area contributed by atoms with Gasteiger partial charge in [0.15, 0.2) is 0 Å². The molecular weight excluding hydrogens is 292 g/mol. The van der Waals surface area contributed by atoms with Crippen molar-refractivity contribution in [2.45, 2.75) is 59.5 Å². The molecule has 0 aliphatic carbocycles. The zero-order valence-electron chi connectivity index (χ0n) is 15.9. The van der Waals surface area contributed by atoms with Gasteiger partial charge in [0.1, 0.15) is 0 Å². The zero-order chi connectivity index (χ0) is 18.3. The van der Waals surface area contributed by atoms with Gasteiger partial charge in [-0.2, -0.15) is 0 Å². The average Bonchev–Trinajstić information content (AvgIpc) is 2.44. The third-order valence-corrected chi connectivity index (χ3v) is 4.55. The van der Waals surface area contributed by atoms with Gasteiger partial charge in [0.25, 0.3) is 0 Å². The van der Waals surface area contributed by atoms with Gasteiger partial charge >= 0.3 is 0 Å². The maximum absolute atomic E-state index is 10.3. The van der Waals surface area contributed by atoms with E-state index in [1.807, 2.05) is 41.7 Å². The Hall–Kier alpha value is -1.18. The van der Waals surface area contributed by atoms with Gasteiger partial charge in [-0.3, -0.25) is 0 Å². The van der Waals surface area contributed by atoms with Gasteiger partial charge in [-0.1, -0.05) is 6.92 Å². The Morgan fingerprint density at radius 1 is 0.957 bits per heavy atom. The summed E-state index contributed by atoms with van der Waals surface area (Å²) >= 11 is 0. The van der Waals surface area contributed by atoms with Crippen LogP contribution in [0.2, 0.25) is 0 Å². The van der Waals surface area contributed by atoms with Crippen molar-refractivity contribution in [3.8, 4) is 0 Å². The van der Waals surface area contributed by atoms with Crippen LogP contribution in [0.3, 0.4) is 0 Å². The molecule has 0 aromatic carbocycles. The van der Waals surface area contributed by atoms with Crippen molar-refractivity contribution in [2.24, 2.45) is 15.8 Å². The second-order valence-electron chi connectivity index (χ2n) is 7.69. The Bertz CT molecular complexity index is 444. The highest BCUT2D eigenvalue weighted by atomic mass is 16.3. The SMILES string of the molecule is CNCC(C)(CNC(C)(C)C(C)=N)CNC(C)(C)/C(C)=N/N=O. The lowest BCUT2D eigenvalue weighted by Gasteiger charge is -2.38. The summed E-state index contributed by atoms with van der Waals surface area (Å²) in [4.78, 5) is 10.3. The molecule has 0 amide bonds. The minimum atomic E-state index is -0.407. The summed E-state index contributed by atoms with van der Waals surface area (Å²) in [6, 6.07) is 0. The normalized spacial score (nSPS) is 16.1. The maximum atomic E-state index is 10.3. The number of nitroso groups, excluding NO2 is 1. The number of hydrogen-bond donors (Lipinski definition) is 4. The molecule has 0 fully saturated rings. The molecule has 0 bridgehead atoms. The first kappa shape index (κ1) is 21.8. The zero-order valence-corrected chi connectivity index (χ0v) is 15.9. The van der Waals surface area contributed by atoms with Gasteiger partial charge in [0.05, 0.1) is 22.1 Å². The quantitative estimate of drug-likeness (QED) is 0.265. The van der Waals surface area contributed by atoms with Crippen molar-refractivity contribution in [1.29, 1.82) is 5.41 Å². The first-order valence-corrected chi connectivity index (χ1v) is 7.98. The summed E-state index contributed by atoms with van der Waals surface area (Å²) < 4.78 is 0. The Kier molecular flexibility index (Phi) is 8.17. The second kappa shape index (κ2) is 8.61. The van der Waals surface area contributed by atoms with E-state index < -0.39 is 5.54 Å². The molecule has 0 radical (unpaired) electrons. The van der Waals surface area contributed by atoms with Crippen LogP contribution in [0.5, 0.6) is 0 Å². The summed E-state index contributed by atoms with van der Waals surface area (Å²) in [5, 5.41) is 24.3. The molecule has 134 valence electrons. The van der Waals surface area contributed by atoms with Crippen LogP contribution in [-0.4, -0.2) is 49.2 Å². The lowest BCUT2D eigenvalue weighted by molar-refractivity contribution is 0.248. The fourth-order valence-corrected chi connectivity index (χ4v) is 1.93. The highest BCUT2D eigenvalue weighted by molar-refractivity contribution is 5.90. The van der Waals surface area contributed by atoms with E-state index in [-0.39, 0.29) is 11.0 Å². The molecule has 1 unspecified atom stereocenters. The molecular formula is C16H34N6O. The molecule has 0 aromatic heterocycles. The van der Waals surface area contributed by atoms with E-state index in [0.717, 1.165) is 19.6 Å². The molecule has 0 saturated carbocycles. The van der Waals surface area contributed by atoms with Crippen LogP contribution in [0.25, 0.3) is 0 Å². The molecule has 0 aromatic rings. The smallest absolute Gasteiger partial charge is 0.0797 e.